The van der Waals surface area contributed by atoms with Crippen LogP contribution >= 0.6 is 11.6 Å². The summed E-state index contributed by atoms with van der Waals surface area (Å²) in [6.07, 6.45) is -3.13. The minimum absolute atomic E-state index is 0.397. The minimum atomic E-state index is -4.40. The number of hydrogen-bond donors (Lipinski definition) is 2. The van der Waals surface area contributed by atoms with Crippen LogP contribution in [0.1, 0.15) is 22.9 Å². The molecule has 0 aliphatic carbocycles. The summed E-state index contributed by atoms with van der Waals surface area (Å²) in [5.41, 5.74) is 3.12. The number of nitrogens with zero attached hydrogens (tertiary/aromatic N) is 1. The Labute approximate surface area is 124 Å². The minimum Gasteiger partial charge on any atom is -0.271 e. The highest BCUT2D eigenvalue weighted by molar-refractivity contribution is 6.30. The summed E-state index contributed by atoms with van der Waals surface area (Å²) in [6, 6.07) is 9.09. The molecule has 0 saturated carbocycles. The van der Waals surface area contributed by atoms with Crippen LogP contribution in [0.3, 0.4) is 0 Å². The van der Waals surface area contributed by atoms with Gasteiger partial charge >= 0.3 is 6.18 Å². The predicted octanol–water partition coefficient (Wildman–Crippen LogP) is 3.50. The first-order valence-electron chi connectivity index (χ1n) is 6.14. The predicted molar refractivity (Wildman–Crippen MR) is 74.5 cm³/mol. The maximum absolute atomic E-state index is 12.5. The fraction of sp³-hybridized carbons (Fsp3) is 0.214. The Bertz CT molecular complexity index is 599. The van der Waals surface area contributed by atoms with E-state index in [2.05, 4.69) is 10.4 Å². The third-order valence-corrected chi connectivity index (χ3v) is 3.24. The first-order chi connectivity index (χ1) is 9.90. The number of alkyl halides is 3. The van der Waals surface area contributed by atoms with Gasteiger partial charge in [-0.1, -0.05) is 23.7 Å². The smallest absolute Gasteiger partial charge is 0.271 e. The number of rotatable bonds is 4. The largest absolute Gasteiger partial charge is 0.417 e. The van der Waals surface area contributed by atoms with Crippen molar-refractivity contribution in [3.8, 4) is 0 Å². The molecule has 0 saturated heterocycles. The van der Waals surface area contributed by atoms with Crippen molar-refractivity contribution in [1.29, 1.82) is 0 Å². The summed E-state index contributed by atoms with van der Waals surface area (Å²) in [7, 11) is 0. The molecule has 3 N–H and O–H groups in total. The highest BCUT2D eigenvalue weighted by atomic mass is 35.5. The highest BCUT2D eigenvalue weighted by Gasteiger charge is 2.30. The van der Waals surface area contributed by atoms with E-state index in [9.17, 15) is 13.2 Å². The number of nitrogens with two attached hydrogens (primary N) is 1. The Hall–Kier alpha value is -1.63. The van der Waals surface area contributed by atoms with E-state index >= 15 is 0 Å². The molecule has 1 atom stereocenters. The first-order valence-corrected chi connectivity index (χ1v) is 6.51. The molecule has 2 aromatic rings. The lowest BCUT2D eigenvalue weighted by atomic mass is 10.0. The summed E-state index contributed by atoms with van der Waals surface area (Å²) in [6.45, 7) is 0. The zero-order valence-corrected chi connectivity index (χ0v) is 11.6. The molecule has 112 valence electrons. The lowest BCUT2D eigenvalue weighted by Crippen LogP contribution is -2.30. The Morgan fingerprint density at radius 3 is 2.52 bits per heavy atom. The quantitative estimate of drug-likeness (QED) is 0.670. The van der Waals surface area contributed by atoms with E-state index in [1.807, 2.05) is 6.07 Å². The molecule has 1 unspecified atom stereocenters. The zero-order valence-electron chi connectivity index (χ0n) is 10.9. The molecular formula is C14H13ClF3N3. The van der Waals surface area contributed by atoms with Crippen LogP contribution in [0.25, 0.3) is 0 Å². The summed E-state index contributed by atoms with van der Waals surface area (Å²) in [4.78, 5) is 3.84. The molecule has 3 nitrogen and oxygen atoms in total. The van der Waals surface area contributed by atoms with Crippen LogP contribution in [0, 0.1) is 0 Å². The van der Waals surface area contributed by atoms with Gasteiger partial charge in [-0.2, -0.15) is 13.2 Å². The summed E-state index contributed by atoms with van der Waals surface area (Å²) < 4.78 is 37.5. The van der Waals surface area contributed by atoms with Crippen molar-refractivity contribution in [2.45, 2.75) is 18.6 Å². The Morgan fingerprint density at radius 2 is 2.00 bits per heavy atom. The molecule has 0 aliphatic heterocycles. The summed E-state index contributed by atoms with van der Waals surface area (Å²) in [5, 5.41) is 0.587. The first kappa shape index (κ1) is 15.8. The fourth-order valence-corrected chi connectivity index (χ4v) is 2.14. The van der Waals surface area contributed by atoms with Gasteiger partial charge in [-0.3, -0.25) is 16.3 Å². The van der Waals surface area contributed by atoms with E-state index in [4.69, 9.17) is 17.4 Å². The van der Waals surface area contributed by atoms with Crippen LogP contribution < -0.4 is 11.3 Å². The number of benzene rings is 1. The number of aromatic nitrogens is 1. The van der Waals surface area contributed by atoms with Crippen LogP contribution in [-0.4, -0.2) is 4.98 Å². The SMILES string of the molecule is NNC(Cc1cccc(Cl)c1)c1ccc(C(F)(F)F)cn1. The van der Waals surface area contributed by atoms with E-state index in [1.165, 1.54) is 6.07 Å². The number of halogens is 4. The lowest BCUT2D eigenvalue weighted by molar-refractivity contribution is -0.137. The number of hydrazine groups is 1. The van der Waals surface area contributed by atoms with Gasteiger partial charge in [-0.25, -0.2) is 0 Å². The average Bonchev–Trinajstić information content (AvgIpc) is 2.44. The van der Waals surface area contributed by atoms with Crippen LogP contribution in [0.4, 0.5) is 13.2 Å². The van der Waals surface area contributed by atoms with Crippen molar-refractivity contribution in [1.82, 2.24) is 10.4 Å². The lowest BCUT2D eigenvalue weighted by Gasteiger charge is -2.16. The van der Waals surface area contributed by atoms with Gasteiger partial charge < -0.3 is 0 Å². The van der Waals surface area contributed by atoms with Gasteiger partial charge in [0.05, 0.1) is 17.3 Å². The van der Waals surface area contributed by atoms with Gasteiger partial charge in [0.1, 0.15) is 0 Å². The normalized spacial score (nSPS) is 13.2. The Morgan fingerprint density at radius 1 is 1.24 bits per heavy atom. The molecule has 0 bridgehead atoms. The van der Waals surface area contributed by atoms with Crippen LogP contribution in [0.15, 0.2) is 42.6 Å². The van der Waals surface area contributed by atoms with Crippen molar-refractivity contribution >= 4 is 11.6 Å². The molecule has 0 amide bonds. The molecule has 1 heterocycles. The summed E-state index contributed by atoms with van der Waals surface area (Å²) in [5.74, 6) is 5.47. The van der Waals surface area contributed by atoms with Gasteiger partial charge in [0, 0.05) is 11.2 Å². The Balaban J connectivity index is 2.18. The molecule has 0 fully saturated rings. The fourth-order valence-electron chi connectivity index (χ4n) is 1.93. The average molecular weight is 316 g/mol. The highest BCUT2D eigenvalue weighted by Crippen LogP contribution is 2.29. The second-order valence-electron chi connectivity index (χ2n) is 4.52. The van der Waals surface area contributed by atoms with Crippen molar-refractivity contribution < 1.29 is 13.2 Å². The molecule has 0 spiro atoms. The zero-order chi connectivity index (χ0) is 15.5. The standard InChI is InChI=1S/C14H13ClF3N3/c15-11-3-1-2-9(6-11)7-13(21-19)12-5-4-10(8-20-12)14(16,17)18/h1-6,8,13,21H,7,19H2. The number of hydrogen-bond acceptors (Lipinski definition) is 3. The van der Waals surface area contributed by atoms with Gasteiger partial charge in [0.2, 0.25) is 0 Å². The van der Waals surface area contributed by atoms with Gasteiger partial charge in [0.25, 0.3) is 0 Å². The summed E-state index contributed by atoms with van der Waals surface area (Å²) >= 11 is 5.90. The maximum Gasteiger partial charge on any atom is 0.417 e. The molecule has 0 aliphatic rings. The van der Waals surface area contributed by atoms with Crippen molar-refractivity contribution in [3.63, 3.8) is 0 Å². The third kappa shape index (κ3) is 4.17. The second kappa shape index (κ2) is 6.43. The van der Waals surface area contributed by atoms with E-state index in [0.717, 1.165) is 17.8 Å². The number of pyridine rings is 1. The van der Waals surface area contributed by atoms with E-state index in [-0.39, 0.29) is 0 Å². The topological polar surface area (TPSA) is 50.9 Å². The molecule has 0 radical (unpaired) electrons. The molecule has 2 rings (SSSR count). The van der Waals surface area contributed by atoms with Crippen molar-refractivity contribution in [2.75, 3.05) is 0 Å². The van der Waals surface area contributed by atoms with Crippen molar-refractivity contribution in [3.05, 3.63) is 64.4 Å². The third-order valence-electron chi connectivity index (χ3n) is 3.00. The molecular weight excluding hydrogens is 303 g/mol. The van der Waals surface area contributed by atoms with E-state index in [1.54, 1.807) is 18.2 Å². The molecule has 1 aromatic heterocycles. The monoisotopic (exact) mass is 315 g/mol. The Kier molecular flexibility index (Phi) is 4.82. The van der Waals surface area contributed by atoms with Gasteiger partial charge in [-0.05, 0) is 36.2 Å². The molecule has 1 aromatic carbocycles. The number of nitrogens with one attached hydrogen (secondary N) is 1. The van der Waals surface area contributed by atoms with Crippen LogP contribution in [0.5, 0.6) is 0 Å². The van der Waals surface area contributed by atoms with E-state index in [0.29, 0.717) is 17.1 Å². The molecule has 7 heteroatoms. The van der Waals surface area contributed by atoms with Crippen molar-refractivity contribution in [2.24, 2.45) is 5.84 Å². The second-order valence-corrected chi connectivity index (χ2v) is 4.96. The molecule has 21 heavy (non-hydrogen) atoms. The van der Waals surface area contributed by atoms with Gasteiger partial charge in [-0.15, -0.1) is 0 Å². The van der Waals surface area contributed by atoms with E-state index < -0.39 is 17.8 Å². The van der Waals surface area contributed by atoms with Gasteiger partial charge in [0.15, 0.2) is 0 Å². The maximum atomic E-state index is 12.5. The van der Waals surface area contributed by atoms with Crippen LogP contribution in [0.2, 0.25) is 5.02 Å². The van der Waals surface area contributed by atoms with Crippen LogP contribution in [-0.2, 0) is 12.6 Å².